The Kier molecular flexibility index (Phi) is 3.60. The minimum Gasteiger partial charge on any atom is -0.507 e. The maximum Gasteiger partial charge on any atom is 0.347 e. The highest BCUT2D eigenvalue weighted by molar-refractivity contribution is 5.93. The van der Waals surface area contributed by atoms with Gasteiger partial charge in [-0.2, -0.15) is 0 Å². The lowest BCUT2D eigenvalue weighted by Crippen LogP contribution is -2.10. The average molecular weight is 244 g/mol. The van der Waals surface area contributed by atoms with Gasteiger partial charge in [-0.15, -0.1) is 0 Å². The topological polar surface area (TPSA) is 66.8 Å². The number of carbonyl (C=O) groups excluding carboxylic acids is 1. The molecule has 0 aromatic heterocycles. The summed E-state index contributed by atoms with van der Waals surface area (Å²) in [5, 5.41) is 18.7. The van der Waals surface area contributed by atoms with Crippen LogP contribution in [0.15, 0.2) is 48.5 Å². The first-order chi connectivity index (χ1) is 8.72. The highest BCUT2D eigenvalue weighted by Gasteiger charge is 2.14. The highest BCUT2D eigenvalue weighted by atomic mass is 16.5. The monoisotopic (exact) mass is 244 g/mol. The molecular formula is C14H12O4. The lowest BCUT2D eigenvalue weighted by Gasteiger charge is -2.08. The zero-order valence-corrected chi connectivity index (χ0v) is 9.54. The molecule has 0 saturated carbocycles. The van der Waals surface area contributed by atoms with Crippen molar-refractivity contribution < 1.29 is 19.7 Å². The van der Waals surface area contributed by atoms with E-state index in [-0.39, 0.29) is 23.7 Å². The van der Waals surface area contributed by atoms with Crippen molar-refractivity contribution in [3.63, 3.8) is 0 Å². The van der Waals surface area contributed by atoms with Crippen molar-refractivity contribution in [1.29, 1.82) is 0 Å². The summed E-state index contributed by atoms with van der Waals surface area (Å²) in [6, 6.07) is 12.8. The van der Waals surface area contributed by atoms with Gasteiger partial charge >= 0.3 is 5.97 Å². The molecule has 0 fully saturated rings. The number of aliphatic hydroxyl groups excluding tert-OH is 1. The molecule has 0 aliphatic carbocycles. The Balaban J connectivity index is 2.24. The molecule has 2 N–H and O–H groups in total. The van der Waals surface area contributed by atoms with Crippen LogP contribution in [0.5, 0.6) is 11.5 Å². The zero-order chi connectivity index (χ0) is 13.0. The lowest BCUT2D eigenvalue weighted by molar-refractivity contribution is 0.0728. The Hall–Kier alpha value is -2.33. The molecule has 0 amide bonds. The van der Waals surface area contributed by atoms with Gasteiger partial charge in [-0.25, -0.2) is 4.79 Å². The predicted molar refractivity (Wildman–Crippen MR) is 65.4 cm³/mol. The van der Waals surface area contributed by atoms with Crippen LogP contribution < -0.4 is 4.74 Å². The Labute approximate surface area is 104 Å². The smallest absolute Gasteiger partial charge is 0.347 e. The average Bonchev–Trinajstić information content (AvgIpc) is 2.39. The maximum absolute atomic E-state index is 11.8. The van der Waals surface area contributed by atoms with Gasteiger partial charge in [0.2, 0.25) is 0 Å². The minimum atomic E-state index is -0.658. The van der Waals surface area contributed by atoms with Gasteiger partial charge in [0.15, 0.2) is 0 Å². The number of benzene rings is 2. The number of aliphatic hydroxyl groups is 1. The summed E-state index contributed by atoms with van der Waals surface area (Å²) in [6.45, 7) is -0.218. The summed E-state index contributed by atoms with van der Waals surface area (Å²) >= 11 is 0. The molecule has 2 aromatic rings. The standard InChI is InChI=1S/C14H12O4/c15-9-10-5-1-4-8-13(10)18-14(17)11-6-2-3-7-12(11)16/h1-8,15-16H,9H2. The number of esters is 1. The number of hydrogen-bond acceptors (Lipinski definition) is 4. The van der Waals surface area contributed by atoms with E-state index in [1.165, 1.54) is 12.1 Å². The first-order valence-corrected chi connectivity index (χ1v) is 5.41. The molecule has 18 heavy (non-hydrogen) atoms. The Morgan fingerprint density at radius 3 is 2.44 bits per heavy atom. The fourth-order valence-electron chi connectivity index (χ4n) is 1.54. The van der Waals surface area contributed by atoms with Crippen molar-refractivity contribution in [3.05, 3.63) is 59.7 Å². The molecule has 2 rings (SSSR count). The lowest BCUT2D eigenvalue weighted by atomic mass is 10.2. The Morgan fingerprint density at radius 1 is 1.06 bits per heavy atom. The largest absolute Gasteiger partial charge is 0.507 e. The van der Waals surface area contributed by atoms with E-state index in [0.717, 1.165) is 0 Å². The van der Waals surface area contributed by atoms with Crippen molar-refractivity contribution in [2.75, 3.05) is 0 Å². The molecule has 0 aliphatic heterocycles. The predicted octanol–water partition coefficient (Wildman–Crippen LogP) is 2.10. The number of phenols is 1. The fraction of sp³-hybridized carbons (Fsp3) is 0.0714. The third-order valence-corrected chi connectivity index (χ3v) is 2.47. The van der Waals surface area contributed by atoms with Gasteiger partial charge in [-0.1, -0.05) is 30.3 Å². The maximum atomic E-state index is 11.8. The molecule has 4 nitrogen and oxygen atoms in total. The van der Waals surface area contributed by atoms with E-state index in [9.17, 15) is 9.90 Å². The van der Waals surface area contributed by atoms with Gasteiger partial charge < -0.3 is 14.9 Å². The quantitative estimate of drug-likeness (QED) is 0.641. The van der Waals surface area contributed by atoms with Crippen molar-refractivity contribution in [3.8, 4) is 11.5 Å². The molecule has 0 spiro atoms. The van der Waals surface area contributed by atoms with Gasteiger partial charge in [0, 0.05) is 5.56 Å². The Morgan fingerprint density at radius 2 is 1.72 bits per heavy atom. The summed E-state index contributed by atoms with van der Waals surface area (Å²) in [5.41, 5.74) is 0.603. The molecule has 0 heterocycles. The molecule has 4 heteroatoms. The second-order valence-electron chi connectivity index (χ2n) is 3.67. The van der Waals surface area contributed by atoms with E-state index in [0.29, 0.717) is 5.56 Å². The molecule has 0 saturated heterocycles. The third kappa shape index (κ3) is 2.49. The second kappa shape index (κ2) is 5.33. The van der Waals surface area contributed by atoms with Crippen LogP contribution in [-0.4, -0.2) is 16.2 Å². The summed E-state index contributed by atoms with van der Waals surface area (Å²) in [7, 11) is 0. The molecule has 0 unspecified atom stereocenters. The van der Waals surface area contributed by atoms with E-state index in [2.05, 4.69) is 0 Å². The van der Waals surface area contributed by atoms with Crippen LogP contribution in [0.1, 0.15) is 15.9 Å². The van der Waals surface area contributed by atoms with Crippen LogP contribution in [-0.2, 0) is 6.61 Å². The minimum absolute atomic E-state index is 0.0882. The van der Waals surface area contributed by atoms with E-state index < -0.39 is 5.97 Å². The summed E-state index contributed by atoms with van der Waals surface area (Å²) in [4.78, 5) is 11.8. The fourth-order valence-corrected chi connectivity index (χ4v) is 1.54. The van der Waals surface area contributed by atoms with Gasteiger partial charge in [-0.05, 0) is 18.2 Å². The van der Waals surface area contributed by atoms with Gasteiger partial charge in [-0.3, -0.25) is 0 Å². The number of para-hydroxylation sites is 2. The SMILES string of the molecule is O=C(Oc1ccccc1CO)c1ccccc1O. The molecule has 0 aliphatic rings. The number of aromatic hydroxyl groups is 1. The van der Waals surface area contributed by atoms with Crippen molar-refractivity contribution in [1.82, 2.24) is 0 Å². The van der Waals surface area contributed by atoms with E-state index in [1.54, 1.807) is 36.4 Å². The van der Waals surface area contributed by atoms with Gasteiger partial charge in [0.1, 0.15) is 17.1 Å². The molecule has 0 atom stereocenters. The van der Waals surface area contributed by atoms with Crippen LogP contribution in [0.4, 0.5) is 0 Å². The molecular weight excluding hydrogens is 232 g/mol. The van der Waals surface area contributed by atoms with Crippen LogP contribution >= 0.6 is 0 Å². The Bertz CT molecular complexity index is 563. The first kappa shape index (κ1) is 12.1. The summed E-state index contributed by atoms with van der Waals surface area (Å²) in [6.07, 6.45) is 0. The number of carbonyl (C=O) groups is 1. The van der Waals surface area contributed by atoms with Crippen LogP contribution in [0.25, 0.3) is 0 Å². The van der Waals surface area contributed by atoms with Gasteiger partial charge in [0.05, 0.1) is 6.61 Å². The third-order valence-electron chi connectivity index (χ3n) is 2.47. The normalized spacial score (nSPS) is 10.1. The number of hydrogen-bond donors (Lipinski definition) is 2. The first-order valence-electron chi connectivity index (χ1n) is 5.41. The van der Waals surface area contributed by atoms with Crippen molar-refractivity contribution >= 4 is 5.97 Å². The van der Waals surface area contributed by atoms with Crippen LogP contribution in [0, 0.1) is 0 Å². The highest BCUT2D eigenvalue weighted by Crippen LogP contribution is 2.22. The van der Waals surface area contributed by atoms with E-state index in [1.807, 2.05) is 0 Å². The molecule has 0 radical (unpaired) electrons. The summed E-state index contributed by atoms with van der Waals surface area (Å²) in [5.74, 6) is -0.508. The van der Waals surface area contributed by atoms with E-state index in [4.69, 9.17) is 9.84 Å². The van der Waals surface area contributed by atoms with Crippen molar-refractivity contribution in [2.24, 2.45) is 0 Å². The number of phenolic OH excluding ortho intramolecular Hbond substituents is 1. The number of ether oxygens (including phenoxy) is 1. The van der Waals surface area contributed by atoms with Crippen molar-refractivity contribution in [2.45, 2.75) is 6.61 Å². The zero-order valence-electron chi connectivity index (χ0n) is 9.54. The molecule has 0 bridgehead atoms. The number of rotatable bonds is 3. The van der Waals surface area contributed by atoms with Crippen LogP contribution in [0.3, 0.4) is 0 Å². The van der Waals surface area contributed by atoms with Gasteiger partial charge in [0.25, 0.3) is 0 Å². The second-order valence-corrected chi connectivity index (χ2v) is 3.67. The van der Waals surface area contributed by atoms with E-state index >= 15 is 0 Å². The van der Waals surface area contributed by atoms with Crippen LogP contribution in [0.2, 0.25) is 0 Å². The molecule has 92 valence electrons. The summed E-state index contributed by atoms with van der Waals surface area (Å²) < 4.78 is 5.14. The molecule has 2 aromatic carbocycles.